The maximum Gasteiger partial charge on any atom is 0.321 e. The topological polar surface area (TPSA) is 70.5 Å². The van der Waals surface area contributed by atoms with Crippen molar-refractivity contribution in [3.63, 3.8) is 0 Å². The third-order valence-electron chi connectivity index (χ3n) is 5.76. The molecule has 1 aromatic heterocycles. The van der Waals surface area contributed by atoms with Gasteiger partial charge in [0.2, 0.25) is 0 Å². The van der Waals surface area contributed by atoms with Gasteiger partial charge in [-0.15, -0.1) is 0 Å². The van der Waals surface area contributed by atoms with Crippen LogP contribution in [0.15, 0.2) is 36.4 Å². The van der Waals surface area contributed by atoms with Crippen LogP contribution < -0.4 is 5.32 Å². The number of aromatic nitrogens is 2. The number of halogens is 1. The molecule has 2 heterocycles. The molecule has 0 radical (unpaired) electrons. The van der Waals surface area contributed by atoms with Gasteiger partial charge in [-0.05, 0) is 55.7 Å². The van der Waals surface area contributed by atoms with Crippen molar-refractivity contribution in [1.29, 1.82) is 0 Å². The predicted molar refractivity (Wildman–Crippen MR) is 123 cm³/mol. The molecule has 0 unspecified atom stereocenters. The van der Waals surface area contributed by atoms with E-state index in [0.717, 1.165) is 48.4 Å². The lowest BCUT2D eigenvalue weighted by Crippen LogP contribution is -2.31. The first-order chi connectivity index (χ1) is 14.8. The quantitative estimate of drug-likeness (QED) is 0.653. The number of amides is 3. The normalized spacial score (nSPS) is 13.6. The minimum Gasteiger partial charge on any atom is -0.339 e. The van der Waals surface area contributed by atoms with Crippen molar-refractivity contribution in [2.45, 2.75) is 26.3 Å². The van der Waals surface area contributed by atoms with Crippen molar-refractivity contribution in [2.75, 3.05) is 25.5 Å². The lowest BCUT2D eigenvalue weighted by Gasteiger charge is -2.18. The number of nitrogens with zero attached hydrogens (tertiary/aromatic N) is 4. The summed E-state index contributed by atoms with van der Waals surface area (Å²) >= 11 is 6.14. The molecule has 1 fully saturated rings. The van der Waals surface area contributed by atoms with E-state index >= 15 is 0 Å². The van der Waals surface area contributed by atoms with Gasteiger partial charge in [-0.2, -0.15) is 0 Å². The van der Waals surface area contributed by atoms with E-state index in [9.17, 15) is 9.59 Å². The highest BCUT2D eigenvalue weighted by atomic mass is 35.5. The highest BCUT2D eigenvalue weighted by molar-refractivity contribution is 6.31. The van der Waals surface area contributed by atoms with E-state index in [1.165, 1.54) is 0 Å². The molecule has 2 aromatic carbocycles. The fraction of sp³-hybridized carbons (Fsp3) is 0.348. The number of benzene rings is 2. The van der Waals surface area contributed by atoms with Gasteiger partial charge < -0.3 is 19.7 Å². The predicted octanol–water partition coefficient (Wildman–Crippen LogP) is 4.44. The minimum absolute atomic E-state index is 0.0554. The standard InChI is InChI=1S/C23H26ClN5O2/c1-15-6-8-17(13-18(15)24)25-23(31)27(2)14-21-26-19-12-16(7-9-20(19)28(21)3)22(30)29-10-4-5-11-29/h6-9,12-13H,4-5,10-11,14H2,1-3H3,(H,25,31). The van der Waals surface area contributed by atoms with Gasteiger partial charge >= 0.3 is 6.03 Å². The summed E-state index contributed by atoms with van der Waals surface area (Å²) in [6.45, 7) is 3.87. The molecular weight excluding hydrogens is 414 g/mol. The van der Waals surface area contributed by atoms with E-state index in [-0.39, 0.29) is 11.9 Å². The SMILES string of the molecule is Cc1ccc(NC(=O)N(C)Cc2nc3cc(C(=O)N4CCCC4)ccc3n2C)cc1Cl. The second-order valence-corrected chi connectivity index (χ2v) is 8.45. The second kappa shape index (κ2) is 8.59. The molecule has 162 valence electrons. The molecular formula is C23H26ClN5O2. The van der Waals surface area contributed by atoms with Crippen molar-refractivity contribution >= 4 is 40.3 Å². The zero-order valence-electron chi connectivity index (χ0n) is 18.0. The molecule has 0 bridgehead atoms. The van der Waals surface area contributed by atoms with Gasteiger partial charge in [0.1, 0.15) is 5.82 Å². The Kier molecular flexibility index (Phi) is 5.87. The van der Waals surface area contributed by atoms with Crippen LogP contribution >= 0.6 is 11.6 Å². The largest absolute Gasteiger partial charge is 0.339 e. The average molecular weight is 440 g/mol. The molecule has 1 N–H and O–H groups in total. The molecule has 4 rings (SSSR count). The van der Waals surface area contributed by atoms with Crippen molar-refractivity contribution in [2.24, 2.45) is 7.05 Å². The van der Waals surface area contributed by atoms with Crippen molar-refractivity contribution < 1.29 is 9.59 Å². The Labute approximate surface area is 186 Å². The molecule has 3 amide bonds. The molecule has 8 heteroatoms. The summed E-state index contributed by atoms with van der Waals surface area (Å²) in [5, 5.41) is 3.46. The van der Waals surface area contributed by atoms with Gasteiger partial charge in [-0.25, -0.2) is 9.78 Å². The number of carbonyl (C=O) groups is 2. The summed E-state index contributed by atoms with van der Waals surface area (Å²) in [5.41, 5.74) is 3.92. The number of urea groups is 1. The Morgan fingerprint density at radius 3 is 2.61 bits per heavy atom. The van der Waals surface area contributed by atoms with Crippen molar-refractivity contribution in [3.8, 4) is 0 Å². The third-order valence-corrected chi connectivity index (χ3v) is 6.17. The van der Waals surface area contributed by atoms with E-state index < -0.39 is 0 Å². The highest BCUT2D eigenvalue weighted by Crippen LogP contribution is 2.22. The highest BCUT2D eigenvalue weighted by Gasteiger charge is 2.21. The maximum absolute atomic E-state index is 12.7. The van der Waals surface area contributed by atoms with Gasteiger partial charge in [0.15, 0.2) is 0 Å². The minimum atomic E-state index is -0.253. The average Bonchev–Trinajstić information content (AvgIpc) is 3.39. The fourth-order valence-corrected chi connectivity index (χ4v) is 3.98. The first-order valence-corrected chi connectivity index (χ1v) is 10.7. The summed E-state index contributed by atoms with van der Waals surface area (Å²) in [7, 11) is 3.63. The van der Waals surface area contributed by atoms with E-state index in [2.05, 4.69) is 10.3 Å². The summed E-state index contributed by atoms with van der Waals surface area (Å²) in [4.78, 5) is 33.4. The number of fused-ring (bicyclic) bond motifs is 1. The third kappa shape index (κ3) is 4.37. The first-order valence-electron chi connectivity index (χ1n) is 10.4. The van der Waals surface area contributed by atoms with E-state index in [4.69, 9.17) is 11.6 Å². The summed E-state index contributed by atoms with van der Waals surface area (Å²) in [6.07, 6.45) is 2.12. The van der Waals surface area contributed by atoms with Crippen LogP contribution in [0.3, 0.4) is 0 Å². The number of anilines is 1. The maximum atomic E-state index is 12.7. The Bertz CT molecular complexity index is 1150. The molecule has 0 aliphatic carbocycles. The summed E-state index contributed by atoms with van der Waals surface area (Å²) < 4.78 is 1.95. The van der Waals surface area contributed by atoms with E-state index in [0.29, 0.717) is 22.8 Å². The molecule has 3 aromatic rings. The molecule has 31 heavy (non-hydrogen) atoms. The fourth-order valence-electron chi connectivity index (χ4n) is 3.80. The van der Waals surface area contributed by atoms with Gasteiger partial charge in [-0.1, -0.05) is 17.7 Å². The number of rotatable bonds is 4. The lowest BCUT2D eigenvalue weighted by molar-refractivity contribution is 0.0793. The smallest absolute Gasteiger partial charge is 0.321 e. The Morgan fingerprint density at radius 1 is 1.16 bits per heavy atom. The lowest BCUT2D eigenvalue weighted by atomic mass is 10.2. The first kappa shape index (κ1) is 21.2. The van der Waals surface area contributed by atoms with Crippen LogP contribution in [0.4, 0.5) is 10.5 Å². The van der Waals surface area contributed by atoms with Gasteiger partial charge in [0, 0.05) is 43.5 Å². The van der Waals surface area contributed by atoms with Gasteiger partial charge in [0.25, 0.3) is 5.91 Å². The van der Waals surface area contributed by atoms with Crippen LogP contribution in [0, 0.1) is 6.92 Å². The molecule has 1 aliphatic heterocycles. The number of hydrogen-bond acceptors (Lipinski definition) is 3. The van der Waals surface area contributed by atoms with Crippen molar-refractivity contribution in [3.05, 3.63) is 58.4 Å². The van der Waals surface area contributed by atoms with E-state index in [1.807, 2.05) is 53.8 Å². The number of imidazole rings is 1. The van der Waals surface area contributed by atoms with E-state index in [1.54, 1.807) is 18.0 Å². The van der Waals surface area contributed by atoms with Crippen LogP contribution in [0.1, 0.15) is 34.6 Å². The van der Waals surface area contributed by atoms with Crippen LogP contribution in [0.5, 0.6) is 0 Å². The molecule has 1 aliphatic rings. The van der Waals surface area contributed by atoms with Crippen molar-refractivity contribution in [1.82, 2.24) is 19.4 Å². The monoisotopic (exact) mass is 439 g/mol. The molecule has 0 spiro atoms. The molecule has 0 saturated carbocycles. The molecule has 1 saturated heterocycles. The van der Waals surface area contributed by atoms with Crippen LogP contribution in [-0.4, -0.2) is 51.4 Å². The Balaban J connectivity index is 1.49. The molecule has 0 atom stereocenters. The van der Waals surface area contributed by atoms with Crippen LogP contribution in [0.2, 0.25) is 5.02 Å². The van der Waals surface area contributed by atoms with Gasteiger partial charge in [-0.3, -0.25) is 4.79 Å². The number of carbonyl (C=O) groups excluding carboxylic acids is 2. The summed E-state index contributed by atoms with van der Waals surface area (Å²) in [5.74, 6) is 0.792. The Hall–Kier alpha value is -3.06. The number of aryl methyl sites for hydroxylation is 2. The zero-order chi connectivity index (χ0) is 22.1. The van der Waals surface area contributed by atoms with Crippen LogP contribution in [-0.2, 0) is 13.6 Å². The Morgan fingerprint density at radius 2 is 1.90 bits per heavy atom. The van der Waals surface area contributed by atoms with Crippen LogP contribution in [0.25, 0.3) is 11.0 Å². The number of likely N-dealkylation sites (tertiary alicyclic amines) is 1. The zero-order valence-corrected chi connectivity index (χ0v) is 18.7. The number of nitrogens with one attached hydrogen (secondary N) is 1. The number of hydrogen-bond donors (Lipinski definition) is 1. The second-order valence-electron chi connectivity index (χ2n) is 8.04. The van der Waals surface area contributed by atoms with Gasteiger partial charge in [0.05, 0.1) is 17.6 Å². The summed E-state index contributed by atoms with van der Waals surface area (Å²) in [6, 6.07) is 10.8. The molecule has 7 nitrogen and oxygen atoms in total.